The van der Waals surface area contributed by atoms with Gasteiger partial charge in [0.1, 0.15) is 5.78 Å². The largest absolute Gasteiger partial charge is 0.355 e. The number of Topliss-reactive ketones (excluding diaryl/α,β-unsaturated/α-hetero) is 1. The lowest BCUT2D eigenvalue weighted by atomic mass is 9.90. The van der Waals surface area contributed by atoms with Crippen molar-refractivity contribution in [3.63, 3.8) is 0 Å². The van der Waals surface area contributed by atoms with Gasteiger partial charge in [-0.1, -0.05) is 18.2 Å². The number of hydrogen-bond acceptors (Lipinski definition) is 2. The number of fused-ring (bicyclic) bond motifs is 1. The van der Waals surface area contributed by atoms with E-state index in [1.54, 1.807) is 0 Å². The summed E-state index contributed by atoms with van der Waals surface area (Å²) in [5.74, 6) is -0.267. The Hall–Kier alpha value is -1.64. The smallest absolute Gasteiger partial charge is 0.227 e. The van der Waals surface area contributed by atoms with E-state index < -0.39 is 0 Å². The Kier molecular flexibility index (Phi) is 4.72. The van der Waals surface area contributed by atoms with Crippen LogP contribution in [0.1, 0.15) is 42.9 Å². The summed E-state index contributed by atoms with van der Waals surface area (Å²) in [7, 11) is 0. The van der Waals surface area contributed by atoms with Crippen LogP contribution in [0.3, 0.4) is 0 Å². The molecule has 0 saturated heterocycles. The minimum atomic E-state index is -0.175. The molecule has 1 aliphatic carbocycles. The Morgan fingerprint density at radius 1 is 1.16 bits per heavy atom. The molecule has 1 aliphatic rings. The number of aryl methyl sites for hydroxylation is 2. The standard InChI is InChI=1S/C16H21NO2/c1-12(18)10-16(19)17-9-8-13-6-7-14-4-2-3-5-15(14)11-13/h6-7,11H,2-5,8-10H2,1H3,(H,17,19). The van der Waals surface area contributed by atoms with E-state index in [0.29, 0.717) is 6.54 Å². The van der Waals surface area contributed by atoms with Crippen molar-refractivity contribution in [1.82, 2.24) is 5.32 Å². The molecular weight excluding hydrogens is 238 g/mol. The number of carbonyl (C=O) groups is 2. The Bertz CT molecular complexity index is 480. The van der Waals surface area contributed by atoms with E-state index in [2.05, 4.69) is 23.5 Å². The maximum Gasteiger partial charge on any atom is 0.227 e. The number of nitrogens with one attached hydrogen (secondary N) is 1. The van der Waals surface area contributed by atoms with Crippen LogP contribution in [0.25, 0.3) is 0 Å². The van der Waals surface area contributed by atoms with Crippen molar-refractivity contribution in [2.45, 2.75) is 45.4 Å². The highest BCUT2D eigenvalue weighted by atomic mass is 16.2. The summed E-state index contributed by atoms with van der Waals surface area (Å²) in [6, 6.07) is 6.65. The van der Waals surface area contributed by atoms with Crippen LogP contribution in [-0.2, 0) is 28.9 Å². The molecule has 1 aromatic carbocycles. The first-order valence-electron chi connectivity index (χ1n) is 7.02. The van der Waals surface area contributed by atoms with Crippen molar-refractivity contribution in [3.05, 3.63) is 34.9 Å². The van der Waals surface area contributed by atoms with Gasteiger partial charge in [-0.3, -0.25) is 9.59 Å². The van der Waals surface area contributed by atoms with Gasteiger partial charge in [-0.15, -0.1) is 0 Å². The van der Waals surface area contributed by atoms with Crippen molar-refractivity contribution < 1.29 is 9.59 Å². The van der Waals surface area contributed by atoms with Crippen LogP contribution in [0.2, 0.25) is 0 Å². The van der Waals surface area contributed by atoms with Crippen LogP contribution in [0.5, 0.6) is 0 Å². The summed E-state index contributed by atoms with van der Waals surface area (Å²) in [4.78, 5) is 22.1. The highest BCUT2D eigenvalue weighted by molar-refractivity contribution is 5.96. The van der Waals surface area contributed by atoms with Gasteiger partial charge < -0.3 is 5.32 Å². The molecular formula is C16H21NO2. The van der Waals surface area contributed by atoms with Crippen molar-refractivity contribution in [3.8, 4) is 0 Å². The number of amides is 1. The number of rotatable bonds is 5. The minimum Gasteiger partial charge on any atom is -0.355 e. The van der Waals surface area contributed by atoms with Crippen LogP contribution in [0.15, 0.2) is 18.2 Å². The van der Waals surface area contributed by atoms with Crippen LogP contribution in [0, 0.1) is 0 Å². The summed E-state index contributed by atoms with van der Waals surface area (Å²) in [6.45, 7) is 2.04. The summed E-state index contributed by atoms with van der Waals surface area (Å²) in [5.41, 5.74) is 4.22. The zero-order valence-corrected chi connectivity index (χ0v) is 11.5. The molecule has 3 heteroatoms. The summed E-state index contributed by atoms with van der Waals surface area (Å²) >= 11 is 0. The molecule has 2 rings (SSSR count). The van der Waals surface area contributed by atoms with Crippen LogP contribution < -0.4 is 5.32 Å². The summed E-state index contributed by atoms with van der Waals surface area (Å²) < 4.78 is 0. The molecule has 1 N–H and O–H groups in total. The van der Waals surface area contributed by atoms with Crippen molar-refractivity contribution in [1.29, 1.82) is 0 Å². The Labute approximate surface area is 114 Å². The molecule has 3 nitrogen and oxygen atoms in total. The zero-order chi connectivity index (χ0) is 13.7. The third-order valence-electron chi connectivity index (χ3n) is 3.56. The molecule has 0 aliphatic heterocycles. The topological polar surface area (TPSA) is 46.2 Å². The molecule has 1 amide bonds. The molecule has 0 atom stereocenters. The van der Waals surface area contributed by atoms with E-state index in [1.807, 2.05) is 0 Å². The average Bonchev–Trinajstić information content (AvgIpc) is 2.37. The Morgan fingerprint density at radius 3 is 2.63 bits per heavy atom. The molecule has 0 bridgehead atoms. The molecule has 0 aromatic heterocycles. The fraction of sp³-hybridized carbons (Fsp3) is 0.500. The fourth-order valence-electron chi connectivity index (χ4n) is 2.58. The van der Waals surface area contributed by atoms with Gasteiger partial charge in [0.2, 0.25) is 5.91 Å². The van der Waals surface area contributed by atoms with E-state index in [0.717, 1.165) is 6.42 Å². The average molecular weight is 259 g/mol. The minimum absolute atomic E-state index is 0.00973. The number of hydrogen-bond donors (Lipinski definition) is 1. The second-order valence-electron chi connectivity index (χ2n) is 5.29. The van der Waals surface area contributed by atoms with Gasteiger partial charge in [0.05, 0.1) is 6.42 Å². The lowest BCUT2D eigenvalue weighted by molar-refractivity contribution is -0.127. The molecule has 0 heterocycles. The second kappa shape index (κ2) is 6.50. The van der Waals surface area contributed by atoms with Gasteiger partial charge in [-0.25, -0.2) is 0 Å². The number of carbonyl (C=O) groups excluding carboxylic acids is 2. The molecule has 0 spiro atoms. The predicted octanol–water partition coefficient (Wildman–Crippen LogP) is 2.20. The maximum absolute atomic E-state index is 11.3. The normalized spacial score (nSPS) is 13.7. The number of benzene rings is 1. The van der Waals surface area contributed by atoms with Crippen molar-refractivity contribution in [2.24, 2.45) is 0 Å². The zero-order valence-electron chi connectivity index (χ0n) is 11.5. The van der Waals surface area contributed by atoms with Crippen molar-refractivity contribution >= 4 is 11.7 Å². The van der Waals surface area contributed by atoms with E-state index in [4.69, 9.17) is 0 Å². The van der Waals surface area contributed by atoms with Gasteiger partial charge >= 0.3 is 0 Å². The second-order valence-corrected chi connectivity index (χ2v) is 5.29. The Morgan fingerprint density at radius 2 is 1.89 bits per heavy atom. The van der Waals surface area contributed by atoms with E-state index in [-0.39, 0.29) is 18.1 Å². The first kappa shape index (κ1) is 13.8. The van der Waals surface area contributed by atoms with Gasteiger partial charge in [-0.05, 0) is 55.7 Å². The molecule has 19 heavy (non-hydrogen) atoms. The molecule has 0 radical (unpaired) electrons. The van der Waals surface area contributed by atoms with Crippen LogP contribution in [0.4, 0.5) is 0 Å². The van der Waals surface area contributed by atoms with Gasteiger partial charge in [-0.2, -0.15) is 0 Å². The van der Waals surface area contributed by atoms with Crippen molar-refractivity contribution in [2.75, 3.05) is 6.54 Å². The first-order valence-corrected chi connectivity index (χ1v) is 7.02. The number of ketones is 1. The highest BCUT2D eigenvalue weighted by Gasteiger charge is 2.09. The summed E-state index contributed by atoms with van der Waals surface area (Å²) in [6.07, 6.45) is 5.78. The van der Waals surface area contributed by atoms with Gasteiger partial charge in [0, 0.05) is 6.54 Å². The monoisotopic (exact) mass is 259 g/mol. The van der Waals surface area contributed by atoms with Crippen LogP contribution >= 0.6 is 0 Å². The predicted molar refractivity (Wildman–Crippen MR) is 75.1 cm³/mol. The lowest BCUT2D eigenvalue weighted by Crippen LogP contribution is -2.27. The molecule has 1 aromatic rings. The molecule has 102 valence electrons. The highest BCUT2D eigenvalue weighted by Crippen LogP contribution is 2.22. The third kappa shape index (κ3) is 4.19. The quantitative estimate of drug-likeness (QED) is 0.824. The lowest BCUT2D eigenvalue weighted by Gasteiger charge is -2.16. The maximum atomic E-state index is 11.3. The third-order valence-corrected chi connectivity index (χ3v) is 3.56. The van der Waals surface area contributed by atoms with Gasteiger partial charge in [0.25, 0.3) is 0 Å². The summed E-state index contributed by atoms with van der Waals surface area (Å²) in [5, 5.41) is 2.78. The molecule has 0 fully saturated rings. The van der Waals surface area contributed by atoms with E-state index in [1.165, 1.54) is 49.3 Å². The Balaban J connectivity index is 1.83. The molecule has 0 saturated carbocycles. The fourth-order valence-corrected chi connectivity index (χ4v) is 2.58. The molecule has 0 unspecified atom stereocenters. The van der Waals surface area contributed by atoms with Gasteiger partial charge in [0.15, 0.2) is 0 Å². The SMILES string of the molecule is CC(=O)CC(=O)NCCc1ccc2c(c1)CCCC2. The van der Waals surface area contributed by atoms with Crippen LogP contribution in [-0.4, -0.2) is 18.2 Å². The van der Waals surface area contributed by atoms with E-state index in [9.17, 15) is 9.59 Å². The van der Waals surface area contributed by atoms with E-state index >= 15 is 0 Å². The first-order chi connectivity index (χ1) is 9.15.